The van der Waals surface area contributed by atoms with E-state index in [1.54, 1.807) is 13.8 Å². The molecule has 1 N–H and O–H groups in total. The Labute approximate surface area is 101 Å². The number of aryl methyl sites for hydroxylation is 1. The van der Waals surface area contributed by atoms with E-state index in [-0.39, 0.29) is 34.5 Å². The molecular formula is C10H12F3NO2S. The normalized spacial score (nSPS) is 11.6. The van der Waals surface area contributed by atoms with Crippen LogP contribution in [0.4, 0.5) is 13.2 Å². The first-order valence-electron chi connectivity index (χ1n) is 4.88. The molecule has 0 aliphatic carbocycles. The summed E-state index contributed by atoms with van der Waals surface area (Å²) in [7, 11) is 0. The highest BCUT2D eigenvalue weighted by Gasteiger charge is 2.32. The van der Waals surface area contributed by atoms with Gasteiger partial charge in [-0.15, -0.1) is 0 Å². The fourth-order valence-electron chi connectivity index (χ4n) is 1.45. The van der Waals surface area contributed by atoms with Gasteiger partial charge in [0.05, 0.1) is 17.2 Å². The smallest absolute Gasteiger partial charge is 0.447 e. The zero-order valence-electron chi connectivity index (χ0n) is 9.57. The largest absolute Gasteiger partial charge is 0.462 e. The number of hydrogen-bond donors (Lipinski definition) is 1. The number of esters is 1. The van der Waals surface area contributed by atoms with E-state index >= 15 is 0 Å². The van der Waals surface area contributed by atoms with E-state index in [0.717, 1.165) is 0 Å². The number of carbonyl (C=O) groups excluding carboxylic acids is 1. The SMILES string of the molecule is CCOC(=O)c1c(C)[nH]c(SC(F)(F)F)c1C. The molecule has 0 aromatic carbocycles. The van der Waals surface area contributed by atoms with Crippen molar-refractivity contribution >= 4 is 17.7 Å². The van der Waals surface area contributed by atoms with Crippen LogP contribution in [0, 0.1) is 13.8 Å². The number of aromatic nitrogens is 1. The van der Waals surface area contributed by atoms with E-state index in [1.807, 2.05) is 0 Å². The Balaban J connectivity index is 3.06. The van der Waals surface area contributed by atoms with E-state index in [2.05, 4.69) is 4.98 Å². The zero-order valence-corrected chi connectivity index (χ0v) is 10.4. The van der Waals surface area contributed by atoms with Crippen LogP contribution >= 0.6 is 11.8 Å². The van der Waals surface area contributed by atoms with Crippen molar-refractivity contribution in [2.75, 3.05) is 6.61 Å². The number of halogens is 3. The van der Waals surface area contributed by atoms with Gasteiger partial charge < -0.3 is 9.72 Å². The Morgan fingerprint density at radius 3 is 2.47 bits per heavy atom. The molecule has 17 heavy (non-hydrogen) atoms. The Hall–Kier alpha value is -1.11. The van der Waals surface area contributed by atoms with Crippen LogP contribution in [-0.4, -0.2) is 23.1 Å². The number of carbonyl (C=O) groups is 1. The minimum atomic E-state index is -4.38. The van der Waals surface area contributed by atoms with E-state index in [1.165, 1.54) is 6.92 Å². The van der Waals surface area contributed by atoms with E-state index < -0.39 is 11.5 Å². The van der Waals surface area contributed by atoms with Crippen molar-refractivity contribution in [3.63, 3.8) is 0 Å². The van der Waals surface area contributed by atoms with Crippen molar-refractivity contribution in [1.29, 1.82) is 0 Å². The summed E-state index contributed by atoms with van der Waals surface area (Å²) in [6, 6.07) is 0. The minimum Gasteiger partial charge on any atom is -0.462 e. The number of hydrogen-bond acceptors (Lipinski definition) is 3. The van der Waals surface area contributed by atoms with E-state index in [9.17, 15) is 18.0 Å². The average Bonchev–Trinajstić information content (AvgIpc) is 2.39. The summed E-state index contributed by atoms with van der Waals surface area (Å²) >= 11 is -0.265. The summed E-state index contributed by atoms with van der Waals surface area (Å²) < 4.78 is 41.5. The first kappa shape index (κ1) is 14.0. The van der Waals surface area contributed by atoms with Gasteiger partial charge in [-0.1, -0.05) is 0 Å². The monoisotopic (exact) mass is 267 g/mol. The summed E-state index contributed by atoms with van der Waals surface area (Å²) in [6.45, 7) is 4.83. The standard InChI is InChI=1S/C10H12F3NO2S/c1-4-16-9(15)7-5(2)8(14-6(7)3)17-10(11,12)13/h14H,4H2,1-3H3. The molecule has 0 bridgehead atoms. The van der Waals surface area contributed by atoms with Gasteiger partial charge in [0, 0.05) is 17.5 Å². The highest BCUT2D eigenvalue weighted by molar-refractivity contribution is 8.00. The Morgan fingerprint density at radius 2 is 2.00 bits per heavy atom. The van der Waals surface area contributed by atoms with Gasteiger partial charge in [0.15, 0.2) is 0 Å². The lowest BCUT2D eigenvalue weighted by molar-refractivity contribution is -0.0329. The zero-order chi connectivity index (χ0) is 13.2. The second kappa shape index (κ2) is 5.03. The lowest BCUT2D eigenvalue weighted by atomic mass is 10.2. The van der Waals surface area contributed by atoms with Gasteiger partial charge in [-0.2, -0.15) is 13.2 Å². The molecule has 96 valence electrons. The van der Waals surface area contributed by atoms with Crippen molar-refractivity contribution < 1.29 is 22.7 Å². The molecule has 3 nitrogen and oxygen atoms in total. The predicted octanol–water partition coefficient (Wildman–Crippen LogP) is 3.42. The van der Waals surface area contributed by atoms with Crippen LogP contribution in [0.15, 0.2) is 5.03 Å². The van der Waals surface area contributed by atoms with Crippen LogP contribution in [-0.2, 0) is 4.74 Å². The predicted molar refractivity (Wildman–Crippen MR) is 58.1 cm³/mol. The van der Waals surface area contributed by atoms with Crippen molar-refractivity contribution in [2.45, 2.75) is 31.3 Å². The maximum Gasteiger partial charge on any atom is 0.447 e. The molecule has 0 aliphatic rings. The summed E-state index contributed by atoms with van der Waals surface area (Å²) in [5.41, 5.74) is -3.55. The number of aromatic amines is 1. The number of thioether (sulfide) groups is 1. The molecule has 0 fully saturated rings. The molecule has 0 unspecified atom stereocenters. The van der Waals surface area contributed by atoms with Crippen molar-refractivity contribution in [3.8, 4) is 0 Å². The number of H-pyrrole nitrogens is 1. The van der Waals surface area contributed by atoms with Crippen LogP contribution in [0.1, 0.15) is 28.5 Å². The number of rotatable bonds is 3. The molecule has 0 saturated carbocycles. The lowest BCUT2D eigenvalue weighted by Gasteiger charge is -2.05. The van der Waals surface area contributed by atoms with Gasteiger partial charge in [-0.05, 0) is 26.3 Å². The van der Waals surface area contributed by atoms with Crippen molar-refractivity contribution in [1.82, 2.24) is 4.98 Å². The maximum absolute atomic E-state index is 12.2. The van der Waals surface area contributed by atoms with Gasteiger partial charge in [-0.25, -0.2) is 4.79 Å². The van der Waals surface area contributed by atoms with Gasteiger partial charge in [0.2, 0.25) is 0 Å². The average molecular weight is 267 g/mol. The molecule has 1 aromatic heterocycles. The van der Waals surface area contributed by atoms with Crippen LogP contribution in [0.2, 0.25) is 0 Å². The molecule has 7 heteroatoms. The third-order valence-corrected chi connectivity index (χ3v) is 2.93. The molecule has 0 aliphatic heterocycles. The number of alkyl halides is 3. The number of nitrogens with one attached hydrogen (secondary N) is 1. The highest BCUT2D eigenvalue weighted by Crippen LogP contribution is 2.39. The van der Waals surface area contributed by atoms with Gasteiger partial charge in [-0.3, -0.25) is 0 Å². The summed E-state index contributed by atoms with van der Waals surface area (Å²) in [4.78, 5) is 14.1. The highest BCUT2D eigenvalue weighted by atomic mass is 32.2. The molecule has 1 heterocycles. The first-order valence-corrected chi connectivity index (χ1v) is 5.70. The molecule has 1 rings (SSSR count). The van der Waals surface area contributed by atoms with E-state index in [0.29, 0.717) is 5.69 Å². The molecule has 0 atom stereocenters. The van der Waals surface area contributed by atoms with Crippen LogP contribution in [0.25, 0.3) is 0 Å². The fourth-order valence-corrected chi connectivity index (χ4v) is 2.14. The van der Waals surface area contributed by atoms with Gasteiger partial charge >= 0.3 is 11.5 Å². The van der Waals surface area contributed by atoms with Gasteiger partial charge in [0.25, 0.3) is 0 Å². The third kappa shape index (κ3) is 3.42. The Morgan fingerprint density at radius 1 is 1.41 bits per heavy atom. The first-order chi connectivity index (χ1) is 7.76. The second-order valence-electron chi connectivity index (χ2n) is 3.35. The Bertz CT molecular complexity index is 426. The maximum atomic E-state index is 12.2. The molecule has 1 aromatic rings. The fraction of sp³-hybridized carbons (Fsp3) is 0.500. The molecule has 0 saturated heterocycles. The summed E-state index contributed by atoms with van der Waals surface area (Å²) in [5.74, 6) is -0.604. The van der Waals surface area contributed by atoms with Gasteiger partial charge in [0.1, 0.15) is 0 Å². The van der Waals surface area contributed by atoms with E-state index in [4.69, 9.17) is 4.74 Å². The third-order valence-electron chi connectivity index (χ3n) is 2.09. The second-order valence-corrected chi connectivity index (χ2v) is 4.42. The minimum absolute atomic E-state index is 0.0712. The van der Waals surface area contributed by atoms with Crippen LogP contribution in [0.3, 0.4) is 0 Å². The molecule has 0 radical (unpaired) electrons. The quantitative estimate of drug-likeness (QED) is 0.674. The summed E-state index contributed by atoms with van der Waals surface area (Å²) in [6.07, 6.45) is 0. The van der Waals surface area contributed by atoms with Crippen LogP contribution < -0.4 is 0 Å². The lowest BCUT2D eigenvalue weighted by Crippen LogP contribution is -2.06. The van der Waals surface area contributed by atoms with Crippen molar-refractivity contribution in [2.24, 2.45) is 0 Å². The molecule has 0 spiro atoms. The summed E-state index contributed by atoms with van der Waals surface area (Å²) in [5, 5.41) is -0.0712. The number of ether oxygens (including phenoxy) is 1. The van der Waals surface area contributed by atoms with Crippen LogP contribution in [0.5, 0.6) is 0 Å². The molecule has 0 amide bonds. The van der Waals surface area contributed by atoms with Crippen molar-refractivity contribution in [3.05, 3.63) is 16.8 Å². The Kier molecular flexibility index (Phi) is 4.13. The topological polar surface area (TPSA) is 42.1 Å². The molecular weight excluding hydrogens is 255 g/mol.